The van der Waals surface area contributed by atoms with Gasteiger partial charge in [0, 0.05) is 11.8 Å². The minimum Gasteiger partial charge on any atom is -0.497 e. The Morgan fingerprint density at radius 2 is 2.21 bits per heavy atom. The van der Waals surface area contributed by atoms with Crippen molar-refractivity contribution in [1.29, 1.82) is 0 Å². The van der Waals surface area contributed by atoms with Crippen LogP contribution in [0.3, 0.4) is 0 Å². The van der Waals surface area contributed by atoms with Gasteiger partial charge in [-0.15, -0.1) is 5.10 Å². The summed E-state index contributed by atoms with van der Waals surface area (Å²) in [6.07, 6.45) is 0. The van der Waals surface area contributed by atoms with Gasteiger partial charge in [0.1, 0.15) is 11.1 Å². The van der Waals surface area contributed by atoms with E-state index in [0.717, 1.165) is 5.69 Å². The molecule has 19 heavy (non-hydrogen) atoms. The van der Waals surface area contributed by atoms with Gasteiger partial charge in [0.15, 0.2) is 11.5 Å². The van der Waals surface area contributed by atoms with E-state index in [4.69, 9.17) is 4.74 Å². The van der Waals surface area contributed by atoms with Crippen LogP contribution in [0.25, 0.3) is 11.0 Å². The van der Waals surface area contributed by atoms with Gasteiger partial charge in [-0.3, -0.25) is 9.89 Å². The minimum atomic E-state index is -0.357. The summed E-state index contributed by atoms with van der Waals surface area (Å²) >= 11 is 0. The van der Waals surface area contributed by atoms with Crippen molar-refractivity contribution in [1.82, 2.24) is 25.6 Å². The molecule has 0 bridgehead atoms. The molecule has 0 aliphatic rings. The van der Waals surface area contributed by atoms with Crippen LogP contribution in [0.2, 0.25) is 0 Å². The summed E-state index contributed by atoms with van der Waals surface area (Å²) in [5.41, 5.74) is 0.724. The van der Waals surface area contributed by atoms with Crippen LogP contribution >= 0.6 is 0 Å². The molecule has 0 unspecified atom stereocenters. The lowest BCUT2D eigenvalue weighted by Crippen LogP contribution is -2.10. The third-order valence-corrected chi connectivity index (χ3v) is 2.61. The summed E-state index contributed by atoms with van der Waals surface area (Å²) in [6, 6.07) is 7.29. The molecule has 0 amide bonds. The number of nitrogens with zero attached hydrogens (tertiary/aromatic N) is 3. The topological polar surface area (TPSA) is 109 Å². The van der Waals surface area contributed by atoms with Crippen molar-refractivity contribution in [3.63, 3.8) is 0 Å². The van der Waals surface area contributed by atoms with Gasteiger partial charge in [0.2, 0.25) is 0 Å². The maximum atomic E-state index is 11.7. The second kappa shape index (κ2) is 4.41. The Hall–Kier alpha value is -2.90. The Morgan fingerprint density at radius 3 is 3.05 bits per heavy atom. The zero-order valence-corrected chi connectivity index (χ0v) is 9.97. The second-order valence-electron chi connectivity index (χ2n) is 3.79. The molecule has 0 spiro atoms. The predicted octanol–water partition coefficient (Wildman–Crippen LogP) is 0.793. The third kappa shape index (κ3) is 1.99. The van der Waals surface area contributed by atoms with Crippen LogP contribution in [0, 0.1) is 0 Å². The Balaban J connectivity index is 2.03. The highest BCUT2D eigenvalue weighted by molar-refractivity contribution is 5.87. The first-order chi connectivity index (χ1) is 9.28. The lowest BCUT2D eigenvalue weighted by molar-refractivity contribution is 0.415. The van der Waals surface area contributed by atoms with E-state index in [1.807, 2.05) is 18.2 Å². The van der Waals surface area contributed by atoms with Crippen molar-refractivity contribution >= 4 is 22.5 Å². The zero-order valence-electron chi connectivity index (χ0n) is 9.97. The van der Waals surface area contributed by atoms with Gasteiger partial charge in [-0.25, -0.2) is 5.10 Å². The Morgan fingerprint density at radius 1 is 1.32 bits per heavy atom. The summed E-state index contributed by atoms with van der Waals surface area (Å²) in [6.45, 7) is 0. The maximum absolute atomic E-state index is 11.7. The van der Waals surface area contributed by atoms with Crippen molar-refractivity contribution in [3.8, 4) is 5.75 Å². The molecule has 3 aromatic rings. The molecule has 8 nitrogen and oxygen atoms in total. The van der Waals surface area contributed by atoms with Gasteiger partial charge in [-0.2, -0.15) is 5.10 Å². The molecule has 0 aliphatic carbocycles. The smallest absolute Gasteiger partial charge is 0.280 e. The van der Waals surface area contributed by atoms with E-state index < -0.39 is 0 Å². The average molecular weight is 258 g/mol. The zero-order chi connectivity index (χ0) is 13.2. The number of ether oxygens (including phenoxy) is 1. The van der Waals surface area contributed by atoms with Crippen LogP contribution in [0.15, 0.2) is 29.1 Å². The third-order valence-electron chi connectivity index (χ3n) is 2.61. The minimum absolute atomic E-state index is 0.328. The highest BCUT2D eigenvalue weighted by Gasteiger charge is 2.11. The van der Waals surface area contributed by atoms with Crippen LogP contribution in [0.5, 0.6) is 5.75 Å². The molecule has 96 valence electrons. The first-order valence-corrected chi connectivity index (χ1v) is 5.48. The van der Waals surface area contributed by atoms with Crippen LogP contribution < -0.4 is 15.6 Å². The van der Waals surface area contributed by atoms with E-state index >= 15 is 0 Å². The quantitative estimate of drug-likeness (QED) is 0.641. The maximum Gasteiger partial charge on any atom is 0.280 e. The Kier molecular flexibility index (Phi) is 2.60. The van der Waals surface area contributed by atoms with Gasteiger partial charge >= 0.3 is 0 Å². The summed E-state index contributed by atoms with van der Waals surface area (Å²) in [4.78, 5) is 11.7. The first kappa shape index (κ1) is 11.2. The first-order valence-electron chi connectivity index (χ1n) is 5.48. The number of rotatable bonds is 3. The van der Waals surface area contributed by atoms with Crippen LogP contribution in [0.4, 0.5) is 11.5 Å². The summed E-state index contributed by atoms with van der Waals surface area (Å²) < 4.78 is 5.13. The van der Waals surface area contributed by atoms with E-state index in [-0.39, 0.29) is 5.56 Å². The van der Waals surface area contributed by atoms with Gasteiger partial charge in [0.05, 0.1) is 7.11 Å². The van der Waals surface area contributed by atoms with Crippen LogP contribution in [-0.2, 0) is 0 Å². The molecule has 3 rings (SSSR count). The molecular formula is C11H10N6O2. The molecule has 8 heteroatoms. The SMILES string of the molecule is COc1cccc(Nc2n[nH]c3nn[nH]c(=O)c23)c1. The van der Waals surface area contributed by atoms with Crippen molar-refractivity contribution in [2.24, 2.45) is 0 Å². The molecule has 2 aromatic heterocycles. The van der Waals surface area contributed by atoms with Crippen molar-refractivity contribution in [3.05, 3.63) is 34.6 Å². The summed E-state index contributed by atoms with van der Waals surface area (Å²) in [5.74, 6) is 1.10. The lowest BCUT2D eigenvalue weighted by atomic mass is 10.3. The fourth-order valence-corrected chi connectivity index (χ4v) is 1.72. The normalized spacial score (nSPS) is 10.6. The number of nitrogens with one attached hydrogen (secondary N) is 3. The molecule has 0 saturated heterocycles. The molecule has 0 fully saturated rings. The summed E-state index contributed by atoms with van der Waals surface area (Å²) in [5, 5.41) is 19.5. The summed E-state index contributed by atoms with van der Waals surface area (Å²) in [7, 11) is 1.59. The lowest BCUT2D eigenvalue weighted by Gasteiger charge is -2.05. The highest BCUT2D eigenvalue weighted by atomic mass is 16.5. The van der Waals surface area contributed by atoms with Crippen LogP contribution in [0.1, 0.15) is 0 Å². The van der Waals surface area contributed by atoms with Crippen molar-refractivity contribution in [2.45, 2.75) is 0 Å². The fourth-order valence-electron chi connectivity index (χ4n) is 1.72. The second-order valence-corrected chi connectivity index (χ2v) is 3.79. The van der Waals surface area contributed by atoms with E-state index in [1.165, 1.54) is 0 Å². The number of fused-ring (bicyclic) bond motifs is 1. The number of methoxy groups -OCH3 is 1. The van der Waals surface area contributed by atoms with E-state index in [0.29, 0.717) is 22.6 Å². The highest BCUT2D eigenvalue weighted by Crippen LogP contribution is 2.22. The molecular weight excluding hydrogens is 248 g/mol. The predicted molar refractivity (Wildman–Crippen MR) is 68.6 cm³/mol. The molecule has 0 atom stereocenters. The molecule has 0 saturated carbocycles. The van der Waals surface area contributed by atoms with Gasteiger partial charge < -0.3 is 10.1 Å². The van der Waals surface area contributed by atoms with Crippen LogP contribution in [-0.4, -0.2) is 32.7 Å². The monoisotopic (exact) mass is 258 g/mol. The number of benzene rings is 1. The number of hydrogen-bond acceptors (Lipinski definition) is 6. The largest absolute Gasteiger partial charge is 0.497 e. The van der Waals surface area contributed by atoms with E-state index in [1.54, 1.807) is 13.2 Å². The average Bonchev–Trinajstić information content (AvgIpc) is 2.84. The van der Waals surface area contributed by atoms with E-state index in [2.05, 4.69) is 30.9 Å². The number of hydrogen-bond donors (Lipinski definition) is 3. The molecule has 1 aromatic carbocycles. The van der Waals surface area contributed by atoms with Gasteiger partial charge in [-0.1, -0.05) is 11.3 Å². The fraction of sp³-hybridized carbons (Fsp3) is 0.0909. The standard InChI is InChI=1S/C11H10N6O2/c1-19-7-4-2-3-6(5-7)12-9-8-10(14-13-9)15-17-16-11(8)18/h2-5H,1H3,(H3,12,13,14,15,16,18). The Labute approximate surface area is 106 Å². The van der Waals surface area contributed by atoms with E-state index in [9.17, 15) is 4.79 Å². The number of anilines is 2. The molecule has 0 aliphatic heterocycles. The molecule has 3 N–H and O–H groups in total. The van der Waals surface area contributed by atoms with Gasteiger partial charge in [0.25, 0.3) is 5.56 Å². The number of H-pyrrole nitrogens is 2. The number of aromatic nitrogens is 5. The molecule has 0 radical (unpaired) electrons. The Bertz CT molecular complexity index is 778. The van der Waals surface area contributed by atoms with Crippen molar-refractivity contribution < 1.29 is 4.74 Å². The van der Waals surface area contributed by atoms with Gasteiger partial charge in [-0.05, 0) is 12.1 Å². The number of aromatic amines is 2. The van der Waals surface area contributed by atoms with Crippen molar-refractivity contribution in [2.75, 3.05) is 12.4 Å². The molecule has 2 heterocycles.